The fraction of sp³-hybridized carbons (Fsp3) is 0.409. The zero-order chi connectivity index (χ0) is 20.9. The van der Waals surface area contributed by atoms with Gasteiger partial charge in [-0.05, 0) is 42.8 Å². The topological polar surface area (TPSA) is 85.7 Å². The zero-order valence-electron chi connectivity index (χ0n) is 16.7. The van der Waals surface area contributed by atoms with Gasteiger partial charge in [-0.3, -0.25) is 9.59 Å². The van der Waals surface area contributed by atoms with E-state index in [2.05, 4.69) is 11.4 Å². The van der Waals surface area contributed by atoms with Crippen molar-refractivity contribution in [2.75, 3.05) is 36.4 Å². The first-order valence-electron chi connectivity index (χ1n) is 10.2. The number of amides is 2. The number of ether oxygens (including phenoxy) is 1. The van der Waals surface area contributed by atoms with Gasteiger partial charge < -0.3 is 19.9 Å². The Balaban J connectivity index is 1.43. The van der Waals surface area contributed by atoms with Gasteiger partial charge in [0.05, 0.1) is 17.8 Å². The maximum atomic E-state index is 13.0. The number of fused-ring (bicyclic) bond motifs is 1. The van der Waals surface area contributed by atoms with Gasteiger partial charge in [-0.1, -0.05) is 12.1 Å². The van der Waals surface area contributed by atoms with Crippen LogP contribution in [0.25, 0.3) is 0 Å². The van der Waals surface area contributed by atoms with Gasteiger partial charge in [0, 0.05) is 26.1 Å². The van der Waals surface area contributed by atoms with Crippen molar-refractivity contribution < 1.29 is 14.3 Å². The van der Waals surface area contributed by atoms with Crippen LogP contribution in [-0.4, -0.2) is 49.0 Å². The number of hydrogen-bond donors (Lipinski definition) is 1. The van der Waals surface area contributed by atoms with Crippen LogP contribution in [0.4, 0.5) is 10.7 Å². The van der Waals surface area contributed by atoms with Crippen molar-refractivity contribution in [1.82, 2.24) is 4.90 Å². The number of rotatable bonds is 5. The van der Waals surface area contributed by atoms with E-state index in [1.54, 1.807) is 11.4 Å². The highest BCUT2D eigenvalue weighted by molar-refractivity contribution is 7.14. The highest BCUT2D eigenvalue weighted by atomic mass is 32.1. The van der Waals surface area contributed by atoms with Crippen LogP contribution in [0.3, 0.4) is 0 Å². The lowest BCUT2D eigenvalue weighted by Gasteiger charge is -2.38. The maximum absolute atomic E-state index is 13.0. The van der Waals surface area contributed by atoms with Crippen molar-refractivity contribution >= 4 is 33.8 Å². The number of benzene rings is 1. The molecule has 1 aromatic carbocycles. The summed E-state index contributed by atoms with van der Waals surface area (Å²) < 4.78 is 6.03. The molecule has 2 aliphatic rings. The molecule has 7 nitrogen and oxygen atoms in total. The molecule has 0 aliphatic carbocycles. The van der Waals surface area contributed by atoms with Crippen LogP contribution < -0.4 is 15.0 Å². The van der Waals surface area contributed by atoms with E-state index in [4.69, 9.17) is 10.00 Å². The van der Waals surface area contributed by atoms with Crippen molar-refractivity contribution in [3.63, 3.8) is 0 Å². The number of nitrogens with one attached hydrogen (secondary N) is 1. The van der Waals surface area contributed by atoms with Gasteiger partial charge in [0.1, 0.15) is 16.8 Å². The maximum Gasteiger partial charge on any atom is 0.265 e. The summed E-state index contributed by atoms with van der Waals surface area (Å²) in [5.74, 6) is 0.539. The molecular weight excluding hydrogens is 400 g/mol. The number of thiophene rings is 1. The Hall–Kier alpha value is -3.05. The van der Waals surface area contributed by atoms with Crippen molar-refractivity contribution in [2.45, 2.75) is 31.8 Å². The van der Waals surface area contributed by atoms with E-state index in [0.717, 1.165) is 38.0 Å². The molecule has 1 fully saturated rings. The Kier molecular flexibility index (Phi) is 6.19. The molecule has 3 heterocycles. The van der Waals surface area contributed by atoms with E-state index in [9.17, 15) is 9.59 Å². The van der Waals surface area contributed by atoms with Crippen molar-refractivity contribution in [3.8, 4) is 11.8 Å². The van der Waals surface area contributed by atoms with E-state index in [1.165, 1.54) is 11.3 Å². The second-order valence-corrected chi connectivity index (χ2v) is 8.40. The molecule has 1 saturated heterocycles. The van der Waals surface area contributed by atoms with E-state index in [1.807, 2.05) is 34.1 Å². The fourth-order valence-corrected chi connectivity index (χ4v) is 4.64. The lowest BCUT2D eigenvalue weighted by Crippen LogP contribution is -2.51. The number of carbonyl (C=O) groups is 2. The molecule has 0 bridgehead atoms. The van der Waals surface area contributed by atoms with Gasteiger partial charge >= 0.3 is 0 Å². The van der Waals surface area contributed by atoms with E-state index in [0.29, 0.717) is 29.4 Å². The summed E-state index contributed by atoms with van der Waals surface area (Å²) in [4.78, 5) is 29.4. The number of nitriles is 1. The lowest BCUT2D eigenvalue weighted by atomic mass is 10.1. The first kappa shape index (κ1) is 20.2. The number of likely N-dealkylation sites (tertiary alicyclic amines) is 1. The number of anilines is 2. The quantitative estimate of drug-likeness (QED) is 0.797. The summed E-state index contributed by atoms with van der Waals surface area (Å²) >= 11 is 1.33. The minimum absolute atomic E-state index is 0.0240. The average molecular weight is 425 g/mol. The highest BCUT2D eigenvalue weighted by Gasteiger charge is 2.34. The van der Waals surface area contributed by atoms with Crippen LogP contribution in [0.2, 0.25) is 0 Å². The normalized spacial score (nSPS) is 18.2. The van der Waals surface area contributed by atoms with Crippen LogP contribution in [0.15, 0.2) is 35.7 Å². The van der Waals surface area contributed by atoms with Crippen molar-refractivity contribution in [3.05, 3.63) is 41.3 Å². The molecule has 2 aromatic rings. The number of para-hydroxylation sites is 2. The molecule has 0 spiro atoms. The third-order valence-corrected chi connectivity index (χ3v) is 6.28. The molecule has 0 saturated carbocycles. The van der Waals surface area contributed by atoms with Gasteiger partial charge in [-0.25, -0.2) is 0 Å². The zero-order valence-corrected chi connectivity index (χ0v) is 17.5. The summed E-state index contributed by atoms with van der Waals surface area (Å²) in [5, 5.41) is 14.3. The number of hydrogen-bond acceptors (Lipinski definition) is 6. The fourth-order valence-electron chi connectivity index (χ4n) is 3.89. The lowest BCUT2D eigenvalue weighted by molar-refractivity contribution is -0.139. The van der Waals surface area contributed by atoms with E-state index in [-0.39, 0.29) is 18.2 Å². The molecule has 0 radical (unpaired) electrons. The second kappa shape index (κ2) is 9.18. The van der Waals surface area contributed by atoms with E-state index < -0.39 is 6.10 Å². The second-order valence-electron chi connectivity index (χ2n) is 7.48. The molecule has 1 atom stereocenters. The first-order valence-corrected chi connectivity index (χ1v) is 11.1. The minimum Gasteiger partial charge on any atom is -0.477 e. The first-order chi connectivity index (χ1) is 14.7. The molecule has 2 amide bonds. The molecule has 8 heteroatoms. The Morgan fingerprint density at radius 2 is 2.00 bits per heavy atom. The van der Waals surface area contributed by atoms with Crippen molar-refractivity contribution in [1.29, 1.82) is 5.26 Å². The standard InChI is InChI=1S/C22H24N4O3S/c23-14-16-9-13-30-21(16)24-20(27)8-12-26-15-19(22(28)25-10-4-1-5-11-25)29-18-7-3-2-6-17(18)26/h2-3,6-7,9,13,19H,1,4-5,8,10-12,15H2,(H,24,27)/t19-/m0/s1. The van der Waals surface area contributed by atoms with Crippen LogP contribution in [0.1, 0.15) is 31.2 Å². The molecule has 0 unspecified atom stereocenters. The predicted octanol–water partition coefficient (Wildman–Crippen LogP) is 3.23. The van der Waals surface area contributed by atoms with Crippen LogP contribution in [0.5, 0.6) is 5.75 Å². The summed E-state index contributed by atoms with van der Waals surface area (Å²) in [5.41, 5.74) is 1.36. The van der Waals surface area contributed by atoms with Crippen LogP contribution in [0, 0.1) is 11.3 Å². The monoisotopic (exact) mass is 424 g/mol. The molecule has 2 aliphatic heterocycles. The largest absolute Gasteiger partial charge is 0.477 e. The summed E-state index contributed by atoms with van der Waals surface area (Å²) in [6, 6.07) is 11.4. The van der Waals surface area contributed by atoms with Crippen LogP contribution >= 0.6 is 11.3 Å². The van der Waals surface area contributed by atoms with Crippen LogP contribution in [-0.2, 0) is 9.59 Å². The Bertz CT molecular complexity index is 961. The third kappa shape index (κ3) is 4.41. The Morgan fingerprint density at radius 3 is 2.80 bits per heavy atom. The molecule has 1 N–H and O–H groups in total. The third-order valence-electron chi connectivity index (χ3n) is 5.45. The van der Waals surface area contributed by atoms with Gasteiger partial charge in [0.25, 0.3) is 5.91 Å². The predicted molar refractivity (Wildman–Crippen MR) is 116 cm³/mol. The Labute approximate surface area is 179 Å². The van der Waals surface area contributed by atoms with Gasteiger partial charge in [0.2, 0.25) is 5.91 Å². The molecule has 4 rings (SSSR count). The summed E-state index contributed by atoms with van der Waals surface area (Å²) in [6.45, 7) is 2.45. The van der Waals surface area contributed by atoms with Gasteiger partial charge in [-0.2, -0.15) is 5.26 Å². The van der Waals surface area contributed by atoms with Crippen molar-refractivity contribution in [2.24, 2.45) is 0 Å². The van der Waals surface area contributed by atoms with Gasteiger partial charge in [0.15, 0.2) is 6.10 Å². The Morgan fingerprint density at radius 1 is 1.20 bits per heavy atom. The number of piperidine rings is 1. The molecular formula is C22H24N4O3S. The average Bonchev–Trinajstić information content (AvgIpc) is 3.24. The molecule has 1 aromatic heterocycles. The molecule has 156 valence electrons. The minimum atomic E-state index is -0.566. The smallest absolute Gasteiger partial charge is 0.265 e. The van der Waals surface area contributed by atoms with Gasteiger partial charge in [-0.15, -0.1) is 11.3 Å². The SMILES string of the molecule is N#Cc1ccsc1NC(=O)CCN1C[C@@H](C(=O)N2CCCCC2)Oc2ccccc21. The number of nitrogens with zero attached hydrogens (tertiary/aromatic N) is 3. The highest BCUT2D eigenvalue weighted by Crippen LogP contribution is 2.34. The number of carbonyl (C=O) groups excluding carboxylic acids is 2. The summed E-state index contributed by atoms with van der Waals surface area (Å²) in [6.07, 6.45) is 2.92. The van der Waals surface area contributed by atoms with E-state index >= 15 is 0 Å². The summed E-state index contributed by atoms with van der Waals surface area (Å²) in [7, 11) is 0. The molecule has 30 heavy (non-hydrogen) atoms.